The van der Waals surface area contributed by atoms with Gasteiger partial charge in [0.25, 0.3) is 11.8 Å². The number of anilines is 2. The standard InChI is InChI=1S/C29H28BrClN4O2S/c1-3-21-6-4-5-15-35(21)29(37)26-25(32)24-23(17-7-9-18(30)10-8-17)22(16(2)33-28(24)38-26)27(36)34-20-13-11-19(31)12-14-20/h7-14,21H,3-6,15,32H2,1-2H3,(H,34,36). The van der Waals surface area contributed by atoms with Gasteiger partial charge in [0.1, 0.15) is 9.71 Å². The Kier molecular flexibility index (Phi) is 7.75. The third kappa shape index (κ3) is 5.05. The number of aryl methyl sites for hydroxylation is 1. The quantitative estimate of drug-likeness (QED) is 0.240. The molecule has 1 unspecified atom stereocenters. The number of likely N-dealkylation sites (tertiary alicyclic amines) is 1. The first-order valence-corrected chi connectivity index (χ1v) is 14.6. The van der Waals surface area contributed by atoms with E-state index in [1.54, 1.807) is 24.3 Å². The van der Waals surface area contributed by atoms with Crippen LogP contribution in [0.1, 0.15) is 58.3 Å². The summed E-state index contributed by atoms with van der Waals surface area (Å²) in [5, 5.41) is 4.19. The fraction of sp³-hybridized carbons (Fsp3) is 0.276. The number of aromatic nitrogens is 1. The van der Waals surface area contributed by atoms with Crippen LogP contribution in [-0.4, -0.2) is 34.3 Å². The Morgan fingerprint density at radius 3 is 2.55 bits per heavy atom. The summed E-state index contributed by atoms with van der Waals surface area (Å²) < 4.78 is 0.917. The molecule has 2 amide bonds. The summed E-state index contributed by atoms with van der Waals surface area (Å²) in [6.45, 7) is 4.66. The largest absolute Gasteiger partial charge is 0.397 e. The molecular weight excluding hydrogens is 584 g/mol. The molecule has 196 valence electrons. The number of fused-ring (bicyclic) bond motifs is 1. The average molecular weight is 612 g/mol. The van der Waals surface area contributed by atoms with Crippen molar-refractivity contribution in [3.05, 3.63) is 74.2 Å². The van der Waals surface area contributed by atoms with E-state index in [-0.39, 0.29) is 17.9 Å². The Balaban J connectivity index is 1.68. The second kappa shape index (κ2) is 11.0. The van der Waals surface area contributed by atoms with Gasteiger partial charge in [0.05, 0.1) is 16.9 Å². The summed E-state index contributed by atoms with van der Waals surface area (Å²) in [5.41, 5.74) is 10.2. The number of nitrogens with one attached hydrogen (secondary N) is 1. The number of hydrogen-bond acceptors (Lipinski definition) is 5. The number of rotatable bonds is 5. The van der Waals surface area contributed by atoms with Crippen molar-refractivity contribution < 1.29 is 9.59 Å². The van der Waals surface area contributed by atoms with Crippen LogP contribution < -0.4 is 11.1 Å². The molecule has 1 aliphatic heterocycles. The molecule has 1 aliphatic rings. The van der Waals surface area contributed by atoms with Crippen molar-refractivity contribution in [1.82, 2.24) is 9.88 Å². The normalized spacial score (nSPS) is 15.6. The number of amides is 2. The van der Waals surface area contributed by atoms with Gasteiger partial charge in [-0.05, 0) is 74.6 Å². The molecule has 6 nitrogen and oxygen atoms in total. The zero-order valence-corrected chi connectivity index (χ0v) is 24.3. The monoisotopic (exact) mass is 610 g/mol. The fourth-order valence-electron chi connectivity index (χ4n) is 5.16. The molecule has 2 aromatic carbocycles. The van der Waals surface area contributed by atoms with Gasteiger partial charge in [-0.3, -0.25) is 9.59 Å². The Labute approximate surface area is 239 Å². The number of thiophene rings is 1. The maximum atomic E-state index is 13.8. The minimum absolute atomic E-state index is 0.0522. The molecule has 0 saturated carbocycles. The fourth-order valence-corrected chi connectivity index (χ4v) is 6.65. The number of nitrogens with two attached hydrogens (primary N) is 1. The Morgan fingerprint density at radius 1 is 1.16 bits per heavy atom. The van der Waals surface area contributed by atoms with Crippen LogP contribution in [0.3, 0.4) is 0 Å². The predicted molar refractivity (Wildman–Crippen MR) is 160 cm³/mol. The minimum atomic E-state index is -0.308. The molecule has 9 heteroatoms. The Bertz CT molecular complexity index is 1520. The average Bonchev–Trinajstić information content (AvgIpc) is 3.24. The van der Waals surface area contributed by atoms with Crippen LogP contribution in [-0.2, 0) is 0 Å². The molecule has 1 saturated heterocycles. The predicted octanol–water partition coefficient (Wildman–Crippen LogP) is 7.93. The Hall–Kier alpha value is -2.94. The van der Waals surface area contributed by atoms with Gasteiger partial charge in [0.2, 0.25) is 0 Å². The van der Waals surface area contributed by atoms with Crippen LogP contribution in [0.5, 0.6) is 0 Å². The molecule has 2 aromatic heterocycles. The number of benzene rings is 2. The summed E-state index contributed by atoms with van der Waals surface area (Å²) in [5.74, 6) is -0.360. The van der Waals surface area contributed by atoms with E-state index in [1.807, 2.05) is 36.1 Å². The van der Waals surface area contributed by atoms with E-state index in [1.165, 1.54) is 11.3 Å². The number of hydrogen-bond donors (Lipinski definition) is 2. The van der Waals surface area contributed by atoms with E-state index < -0.39 is 0 Å². The first-order valence-electron chi connectivity index (χ1n) is 12.6. The summed E-state index contributed by atoms with van der Waals surface area (Å²) >= 11 is 10.8. The molecule has 1 fully saturated rings. The van der Waals surface area contributed by atoms with E-state index in [9.17, 15) is 9.59 Å². The molecule has 0 bridgehead atoms. The molecule has 1 atom stereocenters. The van der Waals surface area contributed by atoms with Crippen molar-refractivity contribution in [3.63, 3.8) is 0 Å². The number of pyridine rings is 1. The number of halogens is 2. The van der Waals surface area contributed by atoms with Gasteiger partial charge >= 0.3 is 0 Å². The lowest BCUT2D eigenvalue weighted by atomic mass is 9.94. The first-order chi connectivity index (χ1) is 18.3. The minimum Gasteiger partial charge on any atom is -0.397 e. The van der Waals surface area contributed by atoms with Crippen LogP contribution in [0.25, 0.3) is 21.3 Å². The highest BCUT2D eigenvalue weighted by Gasteiger charge is 2.31. The van der Waals surface area contributed by atoms with Gasteiger partial charge < -0.3 is 16.0 Å². The van der Waals surface area contributed by atoms with Crippen molar-refractivity contribution >= 4 is 72.3 Å². The lowest BCUT2D eigenvalue weighted by Crippen LogP contribution is -2.43. The molecule has 3 heterocycles. The van der Waals surface area contributed by atoms with Crippen LogP contribution >= 0.6 is 38.9 Å². The Morgan fingerprint density at radius 2 is 1.87 bits per heavy atom. The maximum absolute atomic E-state index is 13.8. The van der Waals surface area contributed by atoms with Gasteiger partial charge in [-0.15, -0.1) is 11.3 Å². The number of nitrogen functional groups attached to an aromatic ring is 1. The van der Waals surface area contributed by atoms with Crippen LogP contribution in [0.4, 0.5) is 11.4 Å². The second-order valence-electron chi connectivity index (χ2n) is 9.50. The molecule has 0 radical (unpaired) electrons. The van der Waals surface area contributed by atoms with Crippen molar-refractivity contribution in [2.45, 2.75) is 45.6 Å². The molecule has 38 heavy (non-hydrogen) atoms. The van der Waals surface area contributed by atoms with Gasteiger partial charge in [-0.25, -0.2) is 4.98 Å². The van der Waals surface area contributed by atoms with E-state index >= 15 is 0 Å². The smallest absolute Gasteiger partial charge is 0.266 e. The van der Waals surface area contributed by atoms with Crippen LogP contribution in [0.15, 0.2) is 53.0 Å². The summed E-state index contributed by atoms with van der Waals surface area (Å²) in [7, 11) is 0. The summed E-state index contributed by atoms with van der Waals surface area (Å²) in [6, 6.07) is 14.9. The van der Waals surface area contributed by atoms with Crippen LogP contribution in [0.2, 0.25) is 5.02 Å². The van der Waals surface area contributed by atoms with E-state index in [4.69, 9.17) is 22.3 Å². The summed E-state index contributed by atoms with van der Waals surface area (Å²) in [4.78, 5) is 35.3. The van der Waals surface area contributed by atoms with E-state index in [2.05, 4.69) is 28.2 Å². The van der Waals surface area contributed by atoms with E-state index in [0.29, 0.717) is 48.3 Å². The second-order valence-corrected chi connectivity index (χ2v) is 11.8. The number of piperidine rings is 1. The molecule has 4 aromatic rings. The number of nitrogens with zero attached hydrogens (tertiary/aromatic N) is 2. The van der Waals surface area contributed by atoms with Crippen molar-refractivity contribution in [1.29, 1.82) is 0 Å². The third-order valence-electron chi connectivity index (χ3n) is 7.07. The highest BCUT2D eigenvalue weighted by atomic mass is 79.9. The van der Waals surface area contributed by atoms with Gasteiger partial charge in [-0.1, -0.05) is 46.6 Å². The first kappa shape index (κ1) is 26.7. The van der Waals surface area contributed by atoms with Gasteiger partial charge in [0.15, 0.2) is 0 Å². The van der Waals surface area contributed by atoms with Gasteiger partial charge in [0, 0.05) is 38.7 Å². The molecule has 5 rings (SSSR count). The number of carbonyl (C=O) groups is 2. The van der Waals surface area contributed by atoms with Crippen molar-refractivity contribution in [2.75, 3.05) is 17.6 Å². The lowest BCUT2D eigenvalue weighted by Gasteiger charge is -2.35. The van der Waals surface area contributed by atoms with Crippen LogP contribution in [0, 0.1) is 6.92 Å². The lowest BCUT2D eigenvalue weighted by molar-refractivity contribution is 0.0614. The third-order valence-corrected chi connectivity index (χ3v) is 8.94. The highest BCUT2D eigenvalue weighted by molar-refractivity contribution is 9.10. The molecule has 3 N–H and O–H groups in total. The topological polar surface area (TPSA) is 88.3 Å². The zero-order valence-electron chi connectivity index (χ0n) is 21.2. The summed E-state index contributed by atoms with van der Waals surface area (Å²) in [6.07, 6.45) is 4.03. The molecular formula is C29H28BrClN4O2S. The maximum Gasteiger partial charge on any atom is 0.266 e. The SMILES string of the molecule is CCC1CCCCN1C(=O)c1sc2nc(C)c(C(=O)Nc3ccc(Cl)cc3)c(-c3ccc(Br)cc3)c2c1N. The highest BCUT2D eigenvalue weighted by Crippen LogP contribution is 2.43. The molecule has 0 aliphatic carbocycles. The number of carbonyl (C=O) groups excluding carboxylic acids is 2. The van der Waals surface area contributed by atoms with Crippen molar-refractivity contribution in [3.8, 4) is 11.1 Å². The van der Waals surface area contributed by atoms with Crippen molar-refractivity contribution in [2.24, 2.45) is 0 Å². The van der Waals surface area contributed by atoms with Gasteiger partial charge in [-0.2, -0.15) is 0 Å². The molecule has 0 spiro atoms. The van der Waals surface area contributed by atoms with E-state index in [0.717, 1.165) is 42.3 Å². The zero-order chi connectivity index (χ0) is 27.0.